The molecule has 3 aliphatic carbocycles. The Morgan fingerprint density at radius 3 is 2.59 bits per heavy atom. The minimum absolute atomic E-state index is 0.0204. The number of rotatable bonds is 6. The van der Waals surface area contributed by atoms with Crippen molar-refractivity contribution in [1.29, 1.82) is 0 Å². The van der Waals surface area contributed by atoms with Crippen molar-refractivity contribution in [3.05, 3.63) is 17.5 Å². The van der Waals surface area contributed by atoms with Gasteiger partial charge in [-0.05, 0) is 81.7 Å². The molecule has 2 N–H and O–H groups in total. The summed E-state index contributed by atoms with van der Waals surface area (Å²) in [7, 11) is 0. The third-order valence-electron chi connectivity index (χ3n) is 7.96. The van der Waals surface area contributed by atoms with Crippen molar-refractivity contribution in [2.24, 2.45) is 35.0 Å². The highest BCUT2D eigenvalue weighted by Gasteiger charge is 2.71. The molecule has 1 spiro atoms. The van der Waals surface area contributed by atoms with Crippen molar-refractivity contribution in [3.63, 3.8) is 0 Å². The highest BCUT2D eigenvalue weighted by molar-refractivity contribution is 5.87. The van der Waals surface area contributed by atoms with Gasteiger partial charge in [0.15, 0.2) is 0 Å². The molecule has 1 amide bonds. The van der Waals surface area contributed by atoms with E-state index >= 15 is 0 Å². The van der Waals surface area contributed by atoms with E-state index in [2.05, 4.69) is 15.8 Å². The number of carbonyl (C=O) groups is 2. The minimum atomic E-state index is -0.281. The van der Waals surface area contributed by atoms with Gasteiger partial charge < -0.3 is 19.9 Å². The van der Waals surface area contributed by atoms with Gasteiger partial charge in [0.1, 0.15) is 11.5 Å². The molecule has 29 heavy (non-hydrogen) atoms. The van der Waals surface area contributed by atoms with Gasteiger partial charge in [0.2, 0.25) is 5.91 Å². The molecule has 2 bridgehead atoms. The lowest BCUT2D eigenvalue weighted by molar-refractivity contribution is -0.157. The molecule has 1 aliphatic heterocycles. The summed E-state index contributed by atoms with van der Waals surface area (Å²) in [5.74, 6) is 1.11. The van der Waals surface area contributed by atoms with Gasteiger partial charge in [-0.1, -0.05) is 5.16 Å². The summed E-state index contributed by atoms with van der Waals surface area (Å²) < 4.78 is 10.9. The van der Waals surface area contributed by atoms with Gasteiger partial charge in [-0.3, -0.25) is 9.59 Å². The molecule has 1 aromatic heterocycles. The van der Waals surface area contributed by atoms with Crippen LogP contribution in [-0.4, -0.2) is 36.7 Å². The van der Waals surface area contributed by atoms with Gasteiger partial charge in [-0.15, -0.1) is 0 Å². The summed E-state index contributed by atoms with van der Waals surface area (Å²) in [6.07, 6.45) is 6.54. The predicted molar refractivity (Wildman–Crippen MR) is 105 cm³/mol. The van der Waals surface area contributed by atoms with E-state index in [9.17, 15) is 9.59 Å². The number of ether oxygens (including phenoxy) is 1. The Labute approximate surface area is 171 Å². The van der Waals surface area contributed by atoms with E-state index in [1.54, 1.807) is 0 Å². The summed E-state index contributed by atoms with van der Waals surface area (Å²) in [6, 6.07) is 1.83. The number of nitrogens with zero attached hydrogens (tertiary/aromatic N) is 1. The summed E-state index contributed by atoms with van der Waals surface area (Å²) in [4.78, 5) is 26.3. The molecule has 5 rings (SSSR count). The van der Waals surface area contributed by atoms with Crippen molar-refractivity contribution < 1.29 is 18.8 Å². The van der Waals surface area contributed by atoms with Crippen LogP contribution in [0.1, 0.15) is 50.0 Å². The summed E-state index contributed by atoms with van der Waals surface area (Å²) in [5.41, 5.74) is 0.940. The highest BCUT2D eigenvalue weighted by atomic mass is 16.5. The Morgan fingerprint density at radius 1 is 1.21 bits per heavy atom. The average Bonchev–Trinajstić information content (AvgIpc) is 3.22. The molecule has 1 saturated heterocycles. The second-order valence-electron chi connectivity index (χ2n) is 9.55. The molecule has 0 aromatic carbocycles. The van der Waals surface area contributed by atoms with Gasteiger partial charge in [0.25, 0.3) is 0 Å². The monoisotopic (exact) mass is 401 g/mol. The highest BCUT2D eigenvalue weighted by Crippen LogP contribution is 2.74. The van der Waals surface area contributed by atoms with Gasteiger partial charge in [0.05, 0.1) is 25.0 Å². The molecular formula is C22H31N3O4. The number of aromatic nitrogens is 1. The number of amides is 1. The van der Waals surface area contributed by atoms with Crippen molar-refractivity contribution in [3.8, 4) is 0 Å². The molecule has 0 radical (unpaired) electrons. The number of esters is 1. The summed E-state index contributed by atoms with van der Waals surface area (Å²) in [6.45, 7) is 4.65. The Bertz CT molecular complexity index is 781. The van der Waals surface area contributed by atoms with Crippen LogP contribution in [0.5, 0.6) is 0 Å². The molecule has 4 fully saturated rings. The van der Waals surface area contributed by atoms with Crippen molar-refractivity contribution in [1.82, 2.24) is 15.8 Å². The van der Waals surface area contributed by atoms with E-state index in [1.807, 2.05) is 13.0 Å². The number of carbonyl (C=O) groups excluding carboxylic acids is 2. The van der Waals surface area contributed by atoms with Crippen molar-refractivity contribution >= 4 is 11.9 Å². The van der Waals surface area contributed by atoms with Crippen LogP contribution in [-0.2, 0) is 20.9 Å². The number of nitrogens with one attached hydrogen (secondary N) is 2. The minimum Gasteiger partial charge on any atom is -0.465 e. The standard InChI is InChI=1S/C22H31N3O4/c1-13-10-15(25-29-13)11-24-20(26)18-16-2-3-17(22(16)6-7-22)19(18)21(27)28-12-14-4-8-23-9-5-14/h10,14,16-19,23H,2-9,11-12H2,1H3,(H,24,26)/t16-,17+,18+,19+/m0/s1. The first-order valence-corrected chi connectivity index (χ1v) is 11.2. The fourth-order valence-electron chi connectivity index (χ4n) is 6.47. The maximum atomic E-state index is 13.2. The van der Waals surface area contributed by atoms with Gasteiger partial charge in [-0.2, -0.15) is 0 Å². The molecule has 4 aliphatic rings. The number of hydrogen-bond acceptors (Lipinski definition) is 6. The average molecular weight is 402 g/mol. The van der Waals surface area contributed by atoms with Crippen LogP contribution in [0.25, 0.3) is 0 Å². The lowest BCUT2D eigenvalue weighted by atomic mass is 9.78. The second-order valence-corrected chi connectivity index (χ2v) is 9.55. The molecule has 3 saturated carbocycles. The molecule has 158 valence electrons. The van der Waals surface area contributed by atoms with Gasteiger partial charge in [-0.25, -0.2) is 0 Å². The molecular weight excluding hydrogens is 370 g/mol. The first kappa shape index (κ1) is 19.1. The van der Waals surface area contributed by atoms with Crippen LogP contribution in [0.15, 0.2) is 10.6 Å². The predicted octanol–water partition coefficient (Wildman–Crippen LogP) is 2.19. The molecule has 1 aromatic rings. The van der Waals surface area contributed by atoms with Crippen molar-refractivity contribution in [2.75, 3.05) is 19.7 Å². The molecule has 2 heterocycles. The first-order chi connectivity index (χ1) is 14.1. The number of piperidine rings is 1. The van der Waals surface area contributed by atoms with Crippen LogP contribution in [0.2, 0.25) is 0 Å². The van der Waals surface area contributed by atoms with Crippen molar-refractivity contribution in [2.45, 2.75) is 52.0 Å². The summed E-state index contributed by atoms with van der Waals surface area (Å²) >= 11 is 0. The number of hydrogen-bond donors (Lipinski definition) is 2. The maximum Gasteiger partial charge on any atom is 0.310 e. The third-order valence-corrected chi connectivity index (χ3v) is 7.96. The fourth-order valence-corrected chi connectivity index (χ4v) is 6.47. The SMILES string of the molecule is Cc1cc(CNC(=O)[C@H]2[C@H](C(=O)OCC3CCNCC3)[C@H]3CC[C@@H]2C32CC2)no1. The smallest absolute Gasteiger partial charge is 0.310 e. The lowest BCUT2D eigenvalue weighted by Gasteiger charge is -2.29. The third kappa shape index (κ3) is 3.37. The van der Waals surface area contributed by atoms with Gasteiger partial charge >= 0.3 is 5.97 Å². The Balaban J connectivity index is 1.26. The Hall–Kier alpha value is -1.89. The largest absolute Gasteiger partial charge is 0.465 e. The van der Waals surface area contributed by atoms with Crippen LogP contribution in [0.3, 0.4) is 0 Å². The van der Waals surface area contributed by atoms with E-state index in [0.717, 1.165) is 57.4 Å². The second kappa shape index (κ2) is 7.42. The lowest BCUT2D eigenvalue weighted by Crippen LogP contribution is -2.42. The molecule has 4 atom stereocenters. The van der Waals surface area contributed by atoms with E-state index in [0.29, 0.717) is 36.6 Å². The zero-order valence-corrected chi connectivity index (χ0v) is 17.1. The quantitative estimate of drug-likeness (QED) is 0.710. The van der Waals surface area contributed by atoms with E-state index in [4.69, 9.17) is 9.26 Å². The van der Waals surface area contributed by atoms with Crippen LogP contribution >= 0.6 is 0 Å². The van der Waals surface area contributed by atoms with Gasteiger partial charge in [0, 0.05) is 6.07 Å². The normalized spacial score (nSPS) is 32.4. The molecule has 7 nitrogen and oxygen atoms in total. The summed E-state index contributed by atoms with van der Waals surface area (Å²) in [5, 5.41) is 10.3. The van der Waals surface area contributed by atoms with Crippen LogP contribution in [0.4, 0.5) is 0 Å². The van der Waals surface area contributed by atoms with Crippen LogP contribution < -0.4 is 10.6 Å². The topological polar surface area (TPSA) is 93.5 Å². The van der Waals surface area contributed by atoms with Crippen LogP contribution in [0, 0.1) is 41.9 Å². The van der Waals surface area contributed by atoms with E-state index < -0.39 is 0 Å². The number of aryl methyl sites for hydroxylation is 1. The Kier molecular flexibility index (Phi) is 4.88. The zero-order valence-electron chi connectivity index (χ0n) is 17.1. The first-order valence-electron chi connectivity index (χ1n) is 11.2. The van der Waals surface area contributed by atoms with E-state index in [1.165, 1.54) is 0 Å². The zero-order chi connectivity index (χ0) is 20.0. The maximum absolute atomic E-state index is 13.2. The molecule has 0 unspecified atom stereocenters. The Morgan fingerprint density at radius 2 is 1.93 bits per heavy atom. The molecule has 7 heteroatoms. The van der Waals surface area contributed by atoms with E-state index in [-0.39, 0.29) is 29.1 Å². The fraction of sp³-hybridized carbons (Fsp3) is 0.773.